The van der Waals surface area contributed by atoms with Crippen molar-refractivity contribution in [1.29, 1.82) is 0 Å². The summed E-state index contributed by atoms with van der Waals surface area (Å²) >= 11 is 0. The number of hydrogen-bond donors (Lipinski definition) is 0. The van der Waals surface area contributed by atoms with Crippen LogP contribution in [0.4, 0.5) is 0 Å². The number of hydrogen-bond acceptors (Lipinski definition) is 4. The first-order valence-electron chi connectivity index (χ1n) is 8.19. The van der Waals surface area contributed by atoms with Gasteiger partial charge in [0, 0.05) is 38.8 Å². The van der Waals surface area contributed by atoms with Crippen molar-refractivity contribution in [3.63, 3.8) is 0 Å². The topological polar surface area (TPSA) is 65.9 Å². The molecule has 1 aromatic carbocycles. The molecule has 0 aliphatic carbocycles. The lowest BCUT2D eigenvalue weighted by atomic mass is 10.1. The fourth-order valence-electron chi connectivity index (χ4n) is 2.69. The van der Waals surface area contributed by atoms with Gasteiger partial charge in [0.1, 0.15) is 5.71 Å². The fraction of sp³-hybridized carbons (Fsp3) is 0.263. The van der Waals surface area contributed by atoms with Gasteiger partial charge < -0.3 is 4.90 Å². The minimum Gasteiger partial charge on any atom is -0.336 e. The molecule has 1 aliphatic heterocycles. The van der Waals surface area contributed by atoms with Gasteiger partial charge in [0.25, 0.3) is 5.91 Å². The molecule has 3 rings (SSSR count). The smallest absolute Gasteiger partial charge is 0.270 e. The van der Waals surface area contributed by atoms with Gasteiger partial charge in [-0.15, -0.1) is 0 Å². The van der Waals surface area contributed by atoms with Crippen LogP contribution in [0.25, 0.3) is 0 Å². The van der Waals surface area contributed by atoms with E-state index >= 15 is 0 Å². The Morgan fingerprint density at radius 3 is 2.52 bits per heavy atom. The summed E-state index contributed by atoms with van der Waals surface area (Å²) in [5.74, 6) is -0.209. The first kappa shape index (κ1) is 16.8. The molecule has 1 aromatic heterocycles. The van der Waals surface area contributed by atoms with Crippen molar-refractivity contribution in [2.75, 3.05) is 7.05 Å². The van der Waals surface area contributed by atoms with Gasteiger partial charge in [-0.2, -0.15) is 5.10 Å². The Kier molecular flexibility index (Phi) is 5.18. The average Bonchev–Trinajstić information content (AvgIpc) is 2.64. The van der Waals surface area contributed by atoms with Gasteiger partial charge >= 0.3 is 0 Å². The summed E-state index contributed by atoms with van der Waals surface area (Å²) in [6, 6.07) is 13.4. The van der Waals surface area contributed by atoms with Crippen molar-refractivity contribution in [2.45, 2.75) is 25.9 Å². The quantitative estimate of drug-likeness (QED) is 0.841. The highest BCUT2D eigenvalue weighted by molar-refractivity contribution is 6.39. The minimum absolute atomic E-state index is 0.0582. The van der Waals surface area contributed by atoms with Crippen LogP contribution in [0.3, 0.4) is 0 Å². The zero-order chi connectivity index (χ0) is 17.6. The molecule has 0 saturated heterocycles. The Hall–Kier alpha value is -3.02. The summed E-state index contributed by atoms with van der Waals surface area (Å²) in [4.78, 5) is 30.4. The molecule has 128 valence electrons. The number of rotatable bonds is 5. The second-order valence-electron chi connectivity index (χ2n) is 6.00. The summed E-state index contributed by atoms with van der Waals surface area (Å²) in [7, 11) is 1.74. The van der Waals surface area contributed by atoms with Crippen LogP contribution >= 0.6 is 0 Å². The largest absolute Gasteiger partial charge is 0.336 e. The lowest BCUT2D eigenvalue weighted by Gasteiger charge is -2.25. The molecule has 0 atom stereocenters. The molecule has 0 N–H and O–H groups in total. The Morgan fingerprint density at radius 2 is 1.80 bits per heavy atom. The number of aromatic nitrogens is 1. The normalized spacial score (nSPS) is 14.2. The Bertz CT molecular complexity index is 775. The molecular formula is C19H20N4O2. The molecule has 0 spiro atoms. The van der Waals surface area contributed by atoms with Crippen LogP contribution in [0, 0.1) is 0 Å². The third-order valence-corrected chi connectivity index (χ3v) is 4.04. The van der Waals surface area contributed by atoms with Gasteiger partial charge in [0.2, 0.25) is 5.91 Å². The van der Waals surface area contributed by atoms with E-state index in [0.29, 0.717) is 31.6 Å². The number of carbonyl (C=O) groups is 2. The molecule has 0 saturated carbocycles. The van der Waals surface area contributed by atoms with Crippen LogP contribution in [0.1, 0.15) is 24.0 Å². The van der Waals surface area contributed by atoms with Crippen molar-refractivity contribution < 1.29 is 9.59 Å². The van der Waals surface area contributed by atoms with E-state index in [4.69, 9.17) is 0 Å². The van der Waals surface area contributed by atoms with Crippen LogP contribution in [0.2, 0.25) is 0 Å². The van der Waals surface area contributed by atoms with Crippen LogP contribution < -0.4 is 0 Å². The highest BCUT2D eigenvalue weighted by Crippen LogP contribution is 2.15. The first-order valence-corrected chi connectivity index (χ1v) is 8.19. The van der Waals surface area contributed by atoms with E-state index in [1.807, 2.05) is 42.5 Å². The Balaban J connectivity index is 1.70. The lowest BCUT2D eigenvalue weighted by Crippen LogP contribution is -2.39. The third kappa shape index (κ3) is 4.29. The number of pyridine rings is 1. The van der Waals surface area contributed by atoms with E-state index < -0.39 is 0 Å². The maximum absolute atomic E-state index is 12.6. The monoisotopic (exact) mass is 336 g/mol. The van der Waals surface area contributed by atoms with Gasteiger partial charge in [0.05, 0.1) is 6.54 Å². The Labute approximate surface area is 146 Å². The van der Waals surface area contributed by atoms with Crippen molar-refractivity contribution in [3.05, 3.63) is 66.0 Å². The number of amides is 2. The molecule has 0 unspecified atom stereocenters. The lowest BCUT2D eigenvalue weighted by molar-refractivity contribution is -0.132. The maximum atomic E-state index is 12.6. The molecule has 0 radical (unpaired) electrons. The number of carbonyl (C=O) groups excluding carboxylic acids is 2. The van der Waals surface area contributed by atoms with Gasteiger partial charge in [-0.3, -0.25) is 14.6 Å². The summed E-state index contributed by atoms with van der Waals surface area (Å²) in [5.41, 5.74) is 2.41. The van der Waals surface area contributed by atoms with E-state index in [1.54, 1.807) is 24.3 Å². The molecular weight excluding hydrogens is 316 g/mol. The summed E-state index contributed by atoms with van der Waals surface area (Å²) in [5, 5.41) is 5.71. The molecule has 1 aliphatic rings. The molecule has 6 heteroatoms. The molecule has 2 amide bonds. The van der Waals surface area contributed by atoms with Gasteiger partial charge in [-0.1, -0.05) is 30.3 Å². The van der Waals surface area contributed by atoms with Gasteiger partial charge in [-0.25, -0.2) is 5.01 Å². The second-order valence-corrected chi connectivity index (χ2v) is 6.00. The van der Waals surface area contributed by atoms with Crippen LogP contribution in [-0.4, -0.2) is 39.5 Å². The molecule has 0 bridgehead atoms. The molecule has 25 heavy (non-hydrogen) atoms. The predicted molar refractivity (Wildman–Crippen MR) is 94.4 cm³/mol. The van der Waals surface area contributed by atoms with E-state index in [9.17, 15) is 9.59 Å². The highest BCUT2D eigenvalue weighted by atomic mass is 16.2. The van der Waals surface area contributed by atoms with Gasteiger partial charge in [-0.05, 0) is 23.3 Å². The molecule has 0 fully saturated rings. The van der Waals surface area contributed by atoms with Crippen LogP contribution in [0.5, 0.6) is 0 Å². The maximum Gasteiger partial charge on any atom is 0.270 e. The fourth-order valence-corrected chi connectivity index (χ4v) is 2.69. The van der Waals surface area contributed by atoms with Crippen molar-refractivity contribution >= 4 is 17.5 Å². The highest BCUT2D eigenvalue weighted by Gasteiger charge is 2.26. The summed E-state index contributed by atoms with van der Waals surface area (Å²) in [6.45, 7) is 0.859. The minimum atomic E-state index is -0.151. The predicted octanol–water partition coefficient (Wildman–Crippen LogP) is 2.22. The summed E-state index contributed by atoms with van der Waals surface area (Å²) in [6.07, 6.45) is 4.09. The second kappa shape index (κ2) is 7.70. The zero-order valence-corrected chi connectivity index (χ0v) is 14.1. The van der Waals surface area contributed by atoms with Crippen molar-refractivity contribution in [2.24, 2.45) is 5.10 Å². The van der Waals surface area contributed by atoms with Gasteiger partial charge in [0.15, 0.2) is 0 Å². The van der Waals surface area contributed by atoms with E-state index in [-0.39, 0.29) is 11.8 Å². The average molecular weight is 336 g/mol. The summed E-state index contributed by atoms with van der Waals surface area (Å²) < 4.78 is 0. The number of benzene rings is 1. The van der Waals surface area contributed by atoms with Crippen LogP contribution in [-0.2, 0) is 22.7 Å². The first-order chi connectivity index (χ1) is 12.1. The molecule has 2 heterocycles. The van der Waals surface area contributed by atoms with E-state index in [0.717, 1.165) is 11.1 Å². The van der Waals surface area contributed by atoms with E-state index in [2.05, 4.69) is 10.1 Å². The number of hydrazone groups is 1. The number of nitrogens with zero attached hydrogens (tertiary/aromatic N) is 4. The van der Waals surface area contributed by atoms with E-state index in [1.165, 1.54) is 5.01 Å². The van der Waals surface area contributed by atoms with Crippen molar-refractivity contribution in [1.82, 2.24) is 14.9 Å². The molecule has 2 aromatic rings. The standard InChI is InChI=1S/C19H20N4O2/c1-22(13-16-9-11-20-12-10-16)19(25)17-7-8-18(24)23(21-17)14-15-5-3-2-4-6-15/h2-6,9-12H,7-8,13-14H2,1H3. The molecule has 6 nitrogen and oxygen atoms in total. The SMILES string of the molecule is CN(Cc1ccncc1)C(=O)C1=NN(Cc2ccccc2)C(=O)CC1. The Morgan fingerprint density at radius 1 is 1.08 bits per heavy atom. The zero-order valence-electron chi connectivity index (χ0n) is 14.1. The van der Waals surface area contributed by atoms with Crippen LogP contribution in [0.15, 0.2) is 60.0 Å². The third-order valence-electron chi connectivity index (χ3n) is 4.04. The van der Waals surface area contributed by atoms with Crippen molar-refractivity contribution in [3.8, 4) is 0 Å².